The summed E-state index contributed by atoms with van der Waals surface area (Å²) in [5, 5.41) is 0. The van der Waals surface area contributed by atoms with Gasteiger partial charge >= 0.3 is 31.7 Å². The highest BCUT2D eigenvalue weighted by atomic mass is 31.2. The second-order valence-corrected chi connectivity index (χ2v) is 7.30. The minimum atomic E-state index is -5.28. The molecule has 172 valence electrons. The average Bonchev–Trinajstić information content (AvgIpc) is 2.55. The van der Waals surface area contributed by atoms with Gasteiger partial charge in [-0.1, -0.05) is 0 Å². The van der Waals surface area contributed by atoms with Crippen LogP contribution in [0.15, 0.2) is 0 Å². The van der Waals surface area contributed by atoms with E-state index in [0.29, 0.717) is 0 Å². The highest BCUT2D eigenvalue weighted by Crippen LogP contribution is 2.42. The standard InChI is InChI=1S/C15H22FO13P/c1-6(17)24-5-10(16)11-12(25-7(2)18)13(26-8(3)19)14(27-9(4)20)15(28-11)29-30(21,22)23/h10-15H,5H2,1-4H3,(H2,21,22,23)/t10?,11-,12-,13+,14+,15+/m1/s1. The molecule has 0 aliphatic carbocycles. The number of ether oxygens (including phenoxy) is 5. The Morgan fingerprint density at radius 3 is 1.80 bits per heavy atom. The number of esters is 4. The molecule has 0 bridgehead atoms. The maximum absolute atomic E-state index is 14.8. The Morgan fingerprint density at radius 1 is 0.900 bits per heavy atom. The molecule has 1 fully saturated rings. The van der Waals surface area contributed by atoms with Crippen molar-refractivity contribution < 1.29 is 66.1 Å². The Balaban J connectivity index is 3.41. The van der Waals surface area contributed by atoms with E-state index in [-0.39, 0.29) is 0 Å². The molecule has 1 rings (SSSR count). The van der Waals surface area contributed by atoms with Gasteiger partial charge in [-0.15, -0.1) is 0 Å². The van der Waals surface area contributed by atoms with Crippen molar-refractivity contribution in [3.05, 3.63) is 0 Å². The van der Waals surface area contributed by atoms with Crippen LogP contribution in [0.25, 0.3) is 0 Å². The van der Waals surface area contributed by atoms with Crippen LogP contribution in [0.2, 0.25) is 0 Å². The highest BCUT2D eigenvalue weighted by Gasteiger charge is 2.56. The number of phosphoric ester groups is 1. The Hall–Kier alpha value is -2.12. The summed E-state index contributed by atoms with van der Waals surface area (Å²) in [5.41, 5.74) is 0. The van der Waals surface area contributed by atoms with Crippen molar-refractivity contribution in [1.29, 1.82) is 0 Å². The Bertz CT molecular complexity index is 707. The zero-order valence-corrected chi connectivity index (χ0v) is 17.3. The SMILES string of the molecule is CC(=O)OCC(F)[C@H]1O[C@@H](OP(=O)(O)O)[C@@H](OC(C)=O)[C@@H](OC(C)=O)[C@@H]1OC(C)=O. The van der Waals surface area contributed by atoms with Gasteiger partial charge in [0.25, 0.3) is 0 Å². The van der Waals surface area contributed by atoms with Crippen molar-refractivity contribution in [2.45, 2.75) is 64.6 Å². The monoisotopic (exact) mass is 460 g/mol. The number of carbonyl (C=O) groups is 4. The molecule has 0 aromatic carbocycles. The molecule has 15 heteroatoms. The first-order valence-corrected chi connectivity index (χ1v) is 9.92. The summed E-state index contributed by atoms with van der Waals surface area (Å²) < 4.78 is 55.0. The van der Waals surface area contributed by atoms with Crippen LogP contribution in [-0.4, -0.2) is 77.1 Å². The molecule has 0 aromatic rings. The number of phosphoric acid groups is 1. The van der Waals surface area contributed by atoms with E-state index in [2.05, 4.69) is 9.26 Å². The van der Waals surface area contributed by atoms with E-state index in [4.69, 9.17) is 28.7 Å². The van der Waals surface area contributed by atoms with Gasteiger partial charge in [0.1, 0.15) is 12.7 Å². The summed E-state index contributed by atoms with van der Waals surface area (Å²) in [6.45, 7) is 2.90. The number of carbonyl (C=O) groups excluding carboxylic acids is 4. The lowest BCUT2D eigenvalue weighted by Crippen LogP contribution is -2.64. The molecule has 0 saturated carbocycles. The third-order valence-electron chi connectivity index (χ3n) is 3.48. The van der Waals surface area contributed by atoms with E-state index in [1.165, 1.54) is 0 Å². The largest absolute Gasteiger partial charge is 0.472 e. The molecular weight excluding hydrogens is 438 g/mol. The van der Waals surface area contributed by atoms with E-state index in [9.17, 15) is 28.1 Å². The van der Waals surface area contributed by atoms with Crippen molar-refractivity contribution in [2.24, 2.45) is 0 Å². The second-order valence-electron chi connectivity index (χ2n) is 6.11. The molecule has 1 unspecified atom stereocenters. The van der Waals surface area contributed by atoms with Crippen LogP contribution in [-0.2, 0) is 52.0 Å². The van der Waals surface area contributed by atoms with Crippen molar-refractivity contribution >= 4 is 31.7 Å². The molecule has 30 heavy (non-hydrogen) atoms. The zero-order valence-electron chi connectivity index (χ0n) is 16.4. The summed E-state index contributed by atoms with van der Waals surface area (Å²) in [6, 6.07) is 0. The van der Waals surface area contributed by atoms with Crippen molar-refractivity contribution in [3.63, 3.8) is 0 Å². The molecule has 13 nitrogen and oxygen atoms in total. The van der Waals surface area contributed by atoms with Crippen LogP contribution in [0.1, 0.15) is 27.7 Å². The van der Waals surface area contributed by atoms with Crippen LogP contribution < -0.4 is 0 Å². The fraction of sp³-hybridized carbons (Fsp3) is 0.733. The maximum atomic E-state index is 14.8. The number of halogens is 1. The zero-order chi connectivity index (χ0) is 23.2. The fourth-order valence-corrected chi connectivity index (χ4v) is 3.05. The lowest BCUT2D eigenvalue weighted by atomic mass is 9.95. The van der Waals surface area contributed by atoms with Crippen LogP contribution in [0, 0.1) is 0 Å². The summed E-state index contributed by atoms with van der Waals surface area (Å²) in [6.07, 6.45) is -11.6. The normalized spacial score (nSPS) is 27.5. The number of alkyl halides is 1. The lowest BCUT2D eigenvalue weighted by Gasteiger charge is -2.44. The van der Waals surface area contributed by atoms with E-state index in [1.807, 2.05) is 0 Å². The Kier molecular flexibility index (Phi) is 9.31. The molecule has 0 amide bonds. The van der Waals surface area contributed by atoms with Crippen molar-refractivity contribution in [2.75, 3.05) is 6.61 Å². The van der Waals surface area contributed by atoms with E-state index >= 15 is 0 Å². The highest BCUT2D eigenvalue weighted by molar-refractivity contribution is 7.46. The van der Waals surface area contributed by atoms with Gasteiger partial charge < -0.3 is 33.5 Å². The fourth-order valence-electron chi connectivity index (χ4n) is 2.61. The molecular formula is C15H22FO13P. The lowest BCUT2D eigenvalue weighted by molar-refractivity contribution is -0.296. The van der Waals surface area contributed by atoms with Gasteiger partial charge in [-0.3, -0.25) is 23.7 Å². The maximum Gasteiger partial charge on any atom is 0.472 e. The molecule has 2 N–H and O–H groups in total. The van der Waals surface area contributed by atoms with Crippen LogP contribution in [0.4, 0.5) is 4.39 Å². The third kappa shape index (κ3) is 8.32. The Labute approximate surface area is 169 Å². The van der Waals surface area contributed by atoms with Gasteiger partial charge in [-0.2, -0.15) is 0 Å². The van der Waals surface area contributed by atoms with Gasteiger partial charge in [0.05, 0.1) is 0 Å². The molecule has 0 spiro atoms. The first-order valence-electron chi connectivity index (χ1n) is 8.39. The van der Waals surface area contributed by atoms with E-state index in [1.54, 1.807) is 0 Å². The van der Waals surface area contributed by atoms with Crippen molar-refractivity contribution in [1.82, 2.24) is 0 Å². The smallest absolute Gasteiger partial charge is 0.463 e. The molecule has 0 aromatic heterocycles. The Morgan fingerprint density at radius 2 is 1.37 bits per heavy atom. The van der Waals surface area contributed by atoms with Crippen molar-refractivity contribution in [3.8, 4) is 0 Å². The van der Waals surface area contributed by atoms with Crippen LogP contribution in [0.5, 0.6) is 0 Å². The second kappa shape index (κ2) is 10.8. The quantitative estimate of drug-likeness (QED) is 0.269. The summed E-state index contributed by atoms with van der Waals surface area (Å²) in [5.74, 6) is -3.81. The molecule has 0 radical (unpaired) electrons. The number of hydrogen-bond acceptors (Lipinski definition) is 11. The molecule has 1 aliphatic heterocycles. The summed E-state index contributed by atoms with van der Waals surface area (Å²) in [7, 11) is -5.28. The van der Waals surface area contributed by atoms with Crippen LogP contribution in [0.3, 0.4) is 0 Å². The number of hydrogen-bond donors (Lipinski definition) is 2. The average molecular weight is 460 g/mol. The summed E-state index contributed by atoms with van der Waals surface area (Å²) >= 11 is 0. The first kappa shape index (κ1) is 25.9. The first-order chi connectivity index (χ1) is 13.7. The molecule has 1 aliphatic rings. The van der Waals surface area contributed by atoms with Gasteiger partial charge in [0.2, 0.25) is 6.29 Å². The third-order valence-corrected chi connectivity index (χ3v) is 3.96. The van der Waals surface area contributed by atoms with Gasteiger partial charge in [-0.25, -0.2) is 8.96 Å². The minimum absolute atomic E-state index is 0.852. The van der Waals surface area contributed by atoms with E-state index < -0.39 is 75.2 Å². The summed E-state index contributed by atoms with van der Waals surface area (Å²) in [4.78, 5) is 63.7. The van der Waals surface area contributed by atoms with Gasteiger partial charge in [-0.05, 0) is 0 Å². The molecule has 1 saturated heterocycles. The predicted molar refractivity (Wildman–Crippen MR) is 90.0 cm³/mol. The van der Waals surface area contributed by atoms with Gasteiger partial charge in [0, 0.05) is 27.7 Å². The molecule has 1 heterocycles. The molecule has 6 atom stereocenters. The number of rotatable bonds is 8. The predicted octanol–water partition coefficient (Wildman–Crippen LogP) is -0.483. The van der Waals surface area contributed by atoms with Crippen LogP contribution >= 0.6 is 7.82 Å². The van der Waals surface area contributed by atoms with E-state index in [0.717, 1.165) is 27.7 Å². The van der Waals surface area contributed by atoms with Gasteiger partial charge in [0.15, 0.2) is 24.5 Å². The minimum Gasteiger partial charge on any atom is -0.463 e. The topological polar surface area (TPSA) is 181 Å².